The molecule has 4 rings (SSSR count). The van der Waals surface area contributed by atoms with Gasteiger partial charge in [-0.05, 0) is 61.5 Å². The van der Waals surface area contributed by atoms with Crippen LogP contribution in [0, 0.1) is 10.1 Å². The number of fused-ring (bicyclic) bond motifs is 1. The van der Waals surface area contributed by atoms with Gasteiger partial charge in [-0.2, -0.15) is 10.2 Å². The molecule has 4 aromatic rings. The minimum atomic E-state index is -0.474. The predicted molar refractivity (Wildman–Crippen MR) is 136 cm³/mol. The summed E-state index contributed by atoms with van der Waals surface area (Å²) in [6, 6.07) is 19.0. The average molecular weight is 486 g/mol. The van der Waals surface area contributed by atoms with Crippen molar-refractivity contribution < 1.29 is 18.9 Å². The Kier molecular flexibility index (Phi) is 7.15. The fraction of sp³-hybridized carbons (Fsp3) is 0.154. The minimum Gasteiger partial charge on any atom is -0.460 e. The van der Waals surface area contributed by atoms with Gasteiger partial charge in [0.25, 0.3) is 5.69 Å². The number of rotatable bonds is 9. The summed E-state index contributed by atoms with van der Waals surface area (Å²) >= 11 is 0. The molecule has 36 heavy (non-hydrogen) atoms. The summed E-state index contributed by atoms with van der Waals surface area (Å²) in [5, 5.41) is 19.5. The van der Waals surface area contributed by atoms with Crippen molar-refractivity contribution in [3.8, 4) is 11.5 Å². The van der Waals surface area contributed by atoms with Crippen molar-refractivity contribution in [2.75, 3.05) is 25.1 Å². The van der Waals surface area contributed by atoms with E-state index < -0.39 is 10.9 Å². The highest BCUT2D eigenvalue weighted by atomic mass is 16.6. The maximum atomic E-state index is 11.5. The number of aromatic nitrogens is 1. The van der Waals surface area contributed by atoms with E-state index in [1.165, 1.54) is 12.1 Å². The average Bonchev–Trinajstić information content (AvgIpc) is 3.31. The first-order valence-electron chi connectivity index (χ1n) is 11.0. The van der Waals surface area contributed by atoms with E-state index in [-0.39, 0.29) is 12.3 Å². The van der Waals surface area contributed by atoms with E-state index in [4.69, 9.17) is 9.15 Å². The van der Waals surface area contributed by atoms with Crippen LogP contribution in [0.4, 0.5) is 22.7 Å². The van der Waals surface area contributed by atoms with Gasteiger partial charge in [-0.15, -0.1) is 0 Å². The van der Waals surface area contributed by atoms with E-state index in [2.05, 4.69) is 21.8 Å². The van der Waals surface area contributed by atoms with Crippen LogP contribution in [-0.2, 0) is 9.53 Å². The second-order valence-corrected chi connectivity index (χ2v) is 8.03. The summed E-state index contributed by atoms with van der Waals surface area (Å²) in [6.45, 7) is 5.99. The third-order valence-electron chi connectivity index (χ3n) is 5.28. The van der Waals surface area contributed by atoms with E-state index in [0.717, 1.165) is 5.69 Å². The summed E-state index contributed by atoms with van der Waals surface area (Å²) < 4.78 is 10.8. The summed E-state index contributed by atoms with van der Waals surface area (Å²) in [6.07, 6.45) is 0. The smallest absolute Gasteiger partial charge is 0.333 e. The predicted octanol–water partition coefficient (Wildman–Crippen LogP) is 6.37. The molecule has 1 heterocycles. The van der Waals surface area contributed by atoms with Crippen molar-refractivity contribution in [3.05, 3.63) is 89.0 Å². The number of non-ortho nitro benzene ring substituents is 1. The van der Waals surface area contributed by atoms with Crippen molar-refractivity contribution in [1.82, 2.24) is 4.98 Å². The molecular formula is C26H23N5O5. The molecule has 0 amide bonds. The molecule has 0 radical (unpaired) electrons. The normalized spacial score (nSPS) is 11.1. The number of benzene rings is 3. The number of carbonyl (C=O) groups excluding carboxylic acids is 1. The maximum absolute atomic E-state index is 11.5. The van der Waals surface area contributed by atoms with Gasteiger partial charge in [0, 0.05) is 29.9 Å². The number of likely N-dealkylation sites (N-methyl/N-ethyl adjacent to an activating group) is 1. The number of nitrogens with zero attached hydrogens (tertiary/aromatic N) is 5. The molecule has 1 aromatic heterocycles. The third-order valence-corrected chi connectivity index (χ3v) is 5.28. The zero-order valence-corrected chi connectivity index (χ0v) is 19.7. The molecule has 0 unspecified atom stereocenters. The molecule has 0 aliphatic carbocycles. The molecule has 0 aliphatic heterocycles. The molecule has 0 aliphatic rings. The highest BCUT2D eigenvalue weighted by molar-refractivity contribution is 5.86. The Morgan fingerprint density at radius 3 is 2.33 bits per heavy atom. The van der Waals surface area contributed by atoms with Crippen LogP contribution >= 0.6 is 0 Å². The third kappa shape index (κ3) is 5.79. The van der Waals surface area contributed by atoms with Crippen molar-refractivity contribution >= 4 is 39.8 Å². The molecule has 0 spiro atoms. The summed E-state index contributed by atoms with van der Waals surface area (Å²) in [5.74, 6) is -0.0320. The van der Waals surface area contributed by atoms with E-state index in [0.29, 0.717) is 46.0 Å². The van der Waals surface area contributed by atoms with Crippen molar-refractivity contribution in [3.63, 3.8) is 0 Å². The number of nitro benzene ring substituents is 1. The largest absolute Gasteiger partial charge is 0.460 e. The molecular weight excluding hydrogens is 462 g/mol. The summed E-state index contributed by atoms with van der Waals surface area (Å²) in [4.78, 5) is 28.3. The quantitative estimate of drug-likeness (QED) is 0.0886. The standard InChI is InChI=1S/C26H23N5O5/c1-17(2)26(32)35-15-14-30(3)21-10-8-20(9-11-21)29-28-19-6-4-18(5-7-19)25-27-23-13-12-22(31(33)34)16-24(23)36-25/h4-13,16H,1,14-15H2,2-3H3. The van der Waals surface area contributed by atoms with Crippen LogP contribution in [0.5, 0.6) is 0 Å². The zero-order chi connectivity index (χ0) is 25.7. The Hall–Kier alpha value is -4.86. The minimum absolute atomic E-state index is 0.0512. The number of oxazole rings is 1. The second kappa shape index (κ2) is 10.6. The number of azo groups is 1. The Morgan fingerprint density at radius 1 is 1.08 bits per heavy atom. The van der Waals surface area contributed by atoms with Gasteiger partial charge < -0.3 is 14.1 Å². The number of ether oxygens (including phenoxy) is 1. The highest BCUT2D eigenvalue weighted by Gasteiger charge is 2.13. The molecule has 10 nitrogen and oxygen atoms in total. The lowest BCUT2D eigenvalue weighted by molar-refractivity contribution is -0.384. The maximum Gasteiger partial charge on any atom is 0.333 e. The molecule has 0 fully saturated rings. The SMILES string of the molecule is C=C(C)C(=O)OCCN(C)c1ccc(N=Nc2ccc(-c3nc4ccc([N+](=O)[O-])cc4o3)cc2)cc1. The molecule has 182 valence electrons. The summed E-state index contributed by atoms with van der Waals surface area (Å²) in [5.41, 5.74) is 4.22. The van der Waals surface area contributed by atoms with E-state index in [9.17, 15) is 14.9 Å². The summed E-state index contributed by atoms with van der Waals surface area (Å²) in [7, 11) is 1.91. The number of carbonyl (C=O) groups is 1. The van der Waals surface area contributed by atoms with E-state index >= 15 is 0 Å². The Balaban J connectivity index is 1.37. The first-order chi connectivity index (χ1) is 17.3. The van der Waals surface area contributed by atoms with E-state index in [1.54, 1.807) is 37.3 Å². The molecule has 10 heteroatoms. The lowest BCUT2D eigenvalue weighted by Crippen LogP contribution is -2.23. The zero-order valence-electron chi connectivity index (χ0n) is 19.7. The molecule has 0 atom stereocenters. The van der Waals surface area contributed by atoms with Crippen LogP contribution < -0.4 is 4.90 Å². The van der Waals surface area contributed by atoms with Gasteiger partial charge in [0.15, 0.2) is 5.58 Å². The van der Waals surface area contributed by atoms with Gasteiger partial charge in [0.1, 0.15) is 12.1 Å². The van der Waals surface area contributed by atoms with Crippen LogP contribution in [0.2, 0.25) is 0 Å². The van der Waals surface area contributed by atoms with Crippen LogP contribution in [0.3, 0.4) is 0 Å². The highest BCUT2D eigenvalue weighted by Crippen LogP contribution is 2.29. The van der Waals surface area contributed by atoms with Crippen molar-refractivity contribution in [1.29, 1.82) is 0 Å². The fourth-order valence-electron chi connectivity index (χ4n) is 3.24. The van der Waals surface area contributed by atoms with Crippen molar-refractivity contribution in [2.45, 2.75) is 6.92 Å². The molecule has 0 N–H and O–H groups in total. The van der Waals surface area contributed by atoms with Gasteiger partial charge in [-0.1, -0.05) is 6.58 Å². The van der Waals surface area contributed by atoms with Gasteiger partial charge in [-0.3, -0.25) is 10.1 Å². The van der Waals surface area contributed by atoms with Crippen molar-refractivity contribution in [2.24, 2.45) is 10.2 Å². The van der Waals surface area contributed by atoms with E-state index in [1.807, 2.05) is 36.2 Å². The lowest BCUT2D eigenvalue weighted by atomic mass is 10.2. The molecule has 0 saturated heterocycles. The fourth-order valence-corrected chi connectivity index (χ4v) is 3.24. The lowest BCUT2D eigenvalue weighted by Gasteiger charge is -2.19. The first-order valence-corrected chi connectivity index (χ1v) is 11.0. The van der Waals surface area contributed by atoms with Crippen LogP contribution in [0.25, 0.3) is 22.6 Å². The number of nitro groups is 1. The van der Waals surface area contributed by atoms with Gasteiger partial charge >= 0.3 is 5.97 Å². The molecule has 0 saturated carbocycles. The molecule has 3 aromatic carbocycles. The van der Waals surface area contributed by atoms with Crippen LogP contribution in [0.1, 0.15) is 6.92 Å². The number of anilines is 1. The number of hydrogen-bond acceptors (Lipinski definition) is 9. The van der Waals surface area contributed by atoms with Gasteiger partial charge in [0.2, 0.25) is 5.89 Å². The second-order valence-electron chi connectivity index (χ2n) is 8.03. The van der Waals surface area contributed by atoms with Gasteiger partial charge in [0.05, 0.1) is 28.9 Å². The Bertz CT molecular complexity index is 1440. The van der Waals surface area contributed by atoms with Crippen LogP contribution in [-0.4, -0.2) is 36.1 Å². The monoisotopic (exact) mass is 485 g/mol. The van der Waals surface area contributed by atoms with Gasteiger partial charge in [-0.25, -0.2) is 9.78 Å². The number of esters is 1. The topological polar surface area (TPSA) is 123 Å². The molecule has 0 bridgehead atoms. The number of hydrogen-bond donors (Lipinski definition) is 0. The first kappa shape index (κ1) is 24.3. The van der Waals surface area contributed by atoms with Crippen LogP contribution in [0.15, 0.2) is 93.5 Å². The Morgan fingerprint density at radius 2 is 1.72 bits per heavy atom. The Labute approximate surface area is 206 Å².